The van der Waals surface area contributed by atoms with Crippen LogP contribution in [0.2, 0.25) is 0 Å². The summed E-state index contributed by atoms with van der Waals surface area (Å²) in [5.41, 5.74) is 0. The predicted molar refractivity (Wildman–Crippen MR) is 293 cm³/mol. The van der Waals surface area contributed by atoms with Gasteiger partial charge in [0.1, 0.15) is 30.5 Å². The number of hydrogen-bond donors (Lipinski definition) is 7. The molecular weight excluding hydrogens is 935 g/mol. The fourth-order valence-corrected chi connectivity index (χ4v) is 10.4. The van der Waals surface area contributed by atoms with Crippen molar-refractivity contribution in [3.05, 3.63) is 12.2 Å². The second-order valence-corrected chi connectivity index (χ2v) is 22.5. The summed E-state index contributed by atoms with van der Waals surface area (Å²) < 4.78 is 47.9. The Kier molecular flexibility index (Phi) is 46.1. The van der Waals surface area contributed by atoms with Gasteiger partial charge in [-0.05, 0) is 38.5 Å². The van der Waals surface area contributed by atoms with Crippen LogP contribution in [0.15, 0.2) is 12.2 Å². The second kappa shape index (κ2) is 48.2. The minimum atomic E-state index is -5.11. The zero-order valence-corrected chi connectivity index (χ0v) is 47.0. The number of ether oxygens (including phenoxy) is 2. The highest BCUT2D eigenvalue weighted by Gasteiger charge is 2.48. The zero-order valence-electron chi connectivity index (χ0n) is 46.1. The molecule has 1 aliphatic rings. The van der Waals surface area contributed by atoms with E-state index in [-0.39, 0.29) is 6.42 Å². The van der Waals surface area contributed by atoms with E-state index < -0.39 is 78.5 Å². The second-order valence-electron chi connectivity index (χ2n) is 21.4. The van der Waals surface area contributed by atoms with Crippen molar-refractivity contribution in [2.75, 3.05) is 13.2 Å². The minimum absolute atomic E-state index is 0.256. The van der Waals surface area contributed by atoms with Crippen LogP contribution in [0.1, 0.15) is 290 Å². The van der Waals surface area contributed by atoms with E-state index in [9.17, 15) is 43.3 Å². The third kappa shape index (κ3) is 39.2. The summed E-state index contributed by atoms with van der Waals surface area (Å²) in [6.07, 6.45) is 45.3. The van der Waals surface area contributed by atoms with Crippen molar-refractivity contribution in [1.29, 1.82) is 0 Å². The summed E-state index contributed by atoms with van der Waals surface area (Å²) in [5, 5.41) is 55.8. The van der Waals surface area contributed by atoms with Gasteiger partial charge in [0.25, 0.3) is 0 Å². The van der Waals surface area contributed by atoms with Crippen LogP contribution in [0, 0.1) is 0 Å². The number of amides is 1. The van der Waals surface area contributed by atoms with Gasteiger partial charge in [0.05, 0.1) is 25.4 Å². The van der Waals surface area contributed by atoms with Crippen LogP contribution >= 0.6 is 0 Å². The Morgan fingerprint density at radius 3 is 1.25 bits per heavy atom. The molecule has 13 nitrogen and oxygen atoms in total. The Bertz CT molecular complexity index is 1340. The highest BCUT2D eigenvalue weighted by Crippen LogP contribution is 2.26. The lowest BCUT2D eigenvalue weighted by atomic mass is 9.99. The Morgan fingerprint density at radius 2 is 0.889 bits per heavy atom. The number of aliphatic hydroxyl groups is 5. The van der Waals surface area contributed by atoms with Crippen LogP contribution in [0.25, 0.3) is 0 Å². The number of carbonyl (C=O) groups is 1. The molecule has 428 valence electrons. The first-order valence-electron chi connectivity index (χ1n) is 30.2. The normalized spacial score (nSPS) is 19.8. The minimum Gasteiger partial charge on any atom is -0.394 e. The van der Waals surface area contributed by atoms with Crippen molar-refractivity contribution >= 4 is 16.3 Å². The molecule has 1 fully saturated rings. The van der Waals surface area contributed by atoms with Crippen LogP contribution in [0.3, 0.4) is 0 Å². The summed E-state index contributed by atoms with van der Waals surface area (Å²) >= 11 is 0. The number of unbranched alkanes of at least 4 members (excludes halogenated alkanes) is 38. The number of carbonyl (C=O) groups excluding carboxylic acids is 1. The monoisotopic (exact) mass is 1050 g/mol. The summed E-state index contributed by atoms with van der Waals surface area (Å²) in [7, 11) is -5.11. The number of hydrogen-bond acceptors (Lipinski definition) is 11. The van der Waals surface area contributed by atoms with Crippen molar-refractivity contribution in [3.63, 3.8) is 0 Å². The number of aliphatic hydroxyl groups excluding tert-OH is 5. The quantitative estimate of drug-likeness (QED) is 0.0172. The van der Waals surface area contributed by atoms with E-state index in [0.717, 1.165) is 57.8 Å². The maximum Gasteiger partial charge on any atom is 0.397 e. The van der Waals surface area contributed by atoms with Gasteiger partial charge in [-0.2, -0.15) is 8.42 Å². The van der Waals surface area contributed by atoms with Crippen LogP contribution in [-0.4, -0.2) is 107 Å². The van der Waals surface area contributed by atoms with Crippen LogP contribution in [-0.2, 0) is 28.9 Å². The molecule has 8 atom stereocenters. The largest absolute Gasteiger partial charge is 0.397 e. The SMILES string of the molecule is CCCCCCCCCCCCCC/C=C\CCCCCCCCC(O)C(=O)NC(COC1OC(CO)C(O)C(OS(=O)(=O)O)C1O)C(O)CCCCCCCCCCCCCCCCCCCCCCC. The third-order valence-electron chi connectivity index (χ3n) is 14.7. The summed E-state index contributed by atoms with van der Waals surface area (Å²) in [6, 6.07) is -1.04. The smallest absolute Gasteiger partial charge is 0.394 e. The first-order chi connectivity index (χ1) is 34.9. The highest BCUT2D eigenvalue weighted by atomic mass is 32.3. The average molecular weight is 1050 g/mol. The summed E-state index contributed by atoms with van der Waals surface area (Å²) in [6.45, 7) is 3.34. The summed E-state index contributed by atoms with van der Waals surface area (Å²) in [5.74, 6) is -0.668. The lowest BCUT2D eigenvalue weighted by Gasteiger charge is -2.41. The predicted octanol–water partition coefficient (Wildman–Crippen LogP) is 13.2. The van der Waals surface area contributed by atoms with E-state index >= 15 is 0 Å². The lowest BCUT2D eigenvalue weighted by molar-refractivity contribution is -0.298. The summed E-state index contributed by atoms with van der Waals surface area (Å²) in [4.78, 5) is 13.2. The molecule has 1 heterocycles. The topological polar surface area (TPSA) is 212 Å². The van der Waals surface area contributed by atoms with Crippen molar-refractivity contribution in [1.82, 2.24) is 5.32 Å². The van der Waals surface area contributed by atoms with E-state index in [0.29, 0.717) is 19.3 Å². The molecule has 0 radical (unpaired) electrons. The lowest BCUT2D eigenvalue weighted by Crippen LogP contribution is -2.61. The molecule has 72 heavy (non-hydrogen) atoms. The van der Waals surface area contributed by atoms with Gasteiger partial charge < -0.3 is 40.3 Å². The van der Waals surface area contributed by atoms with Gasteiger partial charge >= 0.3 is 10.4 Å². The molecule has 14 heteroatoms. The van der Waals surface area contributed by atoms with Crippen molar-refractivity contribution < 1.29 is 57.0 Å². The van der Waals surface area contributed by atoms with Gasteiger partial charge in [0, 0.05) is 0 Å². The van der Waals surface area contributed by atoms with E-state index in [2.05, 4.69) is 35.5 Å². The molecule has 0 aliphatic carbocycles. The maximum atomic E-state index is 13.2. The molecule has 0 aromatic rings. The number of allylic oxidation sites excluding steroid dienone is 2. The van der Waals surface area contributed by atoms with Gasteiger partial charge in [-0.25, -0.2) is 4.18 Å². The van der Waals surface area contributed by atoms with E-state index in [1.165, 1.54) is 193 Å². The Labute approximate surface area is 441 Å². The van der Waals surface area contributed by atoms with Gasteiger partial charge in [-0.15, -0.1) is 0 Å². The van der Waals surface area contributed by atoms with Gasteiger partial charge in [0.2, 0.25) is 5.91 Å². The highest BCUT2D eigenvalue weighted by molar-refractivity contribution is 7.80. The molecule has 0 aromatic heterocycles. The average Bonchev–Trinajstić information content (AvgIpc) is 3.36. The van der Waals surface area contributed by atoms with Crippen LogP contribution < -0.4 is 5.32 Å². The standard InChI is InChI=1S/C58H113NO12S/c1-3-5-7-9-11-13-15-17-19-21-23-25-27-29-31-33-35-37-39-41-43-45-47-52(62)57(65)59-50(49-69-58-55(64)56(71-72(66,67)68)54(63)53(48-60)70-58)51(61)46-44-42-40-38-36-34-32-30-28-26-24-22-20-18-16-14-12-10-8-6-4-2/h29,31,50-56,58,60-64H,3-28,30,32-49H2,1-2H3,(H,59,65)(H,66,67,68)/b31-29-. The van der Waals surface area contributed by atoms with Crippen molar-refractivity contribution in [3.8, 4) is 0 Å². The van der Waals surface area contributed by atoms with Gasteiger partial charge in [0.15, 0.2) is 6.29 Å². The van der Waals surface area contributed by atoms with Crippen LogP contribution in [0.5, 0.6) is 0 Å². The molecule has 7 N–H and O–H groups in total. The maximum absolute atomic E-state index is 13.2. The Balaban J connectivity index is 2.39. The number of rotatable bonds is 53. The first-order valence-corrected chi connectivity index (χ1v) is 31.5. The van der Waals surface area contributed by atoms with Gasteiger partial charge in [-0.1, -0.05) is 264 Å². The molecule has 1 saturated heterocycles. The molecule has 0 spiro atoms. The molecule has 8 unspecified atom stereocenters. The van der Waals surface area contributed by atoms with Crippen LogP contribution in [0.4, 0.5) is 0 Å². The molecular formula is C58H113NO12S. The van der Waals surface area contributed by atoms with E-state index in [4.69, 9.17) is 9.47 Å². The van der Waals surface area contributed by atoms with E-state index in [1.807, 2.05) is 0 Å². The first kappa shape index (κ1) is 68.8. The van der Waals surface area contributed by atoms with Crippen molar-refractivity contribution in [2.45, 2.75) is 339 Å². The third-order valence-corrected chi connectivity index (χ3v) is 15.1. The fraction of sp³-hybridized carbons (Fsp3) is 0.948. The Hall–Kier alpha value is -1.20. The number of nitrogens with one attached hydrogen (secondary N) is 1. The molecule has 0 saturated carbocycles. The fourth-order valence-electron chi connectivity index (χ4n) is 9.93. The van der Waals surface area contributed by atoms with Crippen molar-refractivity contribution in [2.24, 2.45) is 0 Å². The molecule has 1 amide bonds. The molecule has 0 bridgehead atoms. The van der Waals surface area contributed by atoms with Gasteiger partial charge in [-0.3, -0.25) is 9.35 Å². The van der Waals surface area contributed by atoms with E-state index in [1.54, 1.807) is 0 Å². The Morgan fingerprint density at radius 1 is 0.542 bits per heavy atom. The molecule has 1 rings (SSSR count). The molecule has 0 aromatic carbocycles. The zero-order chi connectivity index (χ0) is 52.8. The molecule has 1 aliphatic heterocycles.